The maximum Gasteiger partial charge on any atom is 0.251 e. The van der Waals surface area contributed by atoms with E-state index in [2.05, 4.69) is 22.1 Å². The number of nitrogens with zero attached hydrogens (tertiary/aromatic N) is 1. The van der Waals surface area contributed by atoms with Crippen LogP contribution < -0.4 is 10.9 Å². The lowest BCUT2D eigenvalue weighted by Gasteiger charge is -2.13. The zero-order valence-electron chi connectivity index (χ0n) is 9.62. The summed E-state index contributed by atoms with van der Waals surface area (Å²) in [7, 11) is 1.99. The van der Waals surface area contributed by atoms with Crippen LogP contribution in [0.25, 0.3) is 0 Å². The topological polar surface area (TPSA) is 65.2 Å². The number of hydrogen-bond donors (Lipinski definition) is 2. The molecule has 0 spiro atoms. The summed E-state index contributed by atoms with van der Waals surface area (Å²) in [4.78, 5) is 27.1. The average Bonchev–Trinajstić information content (AvgIpc) is 2.28. The highest BCUT2D eigenvalue weighted by Gasteiger charge is 2.04. The third kappa shape index (κ3) is 3.86. The van der Waals surface area contributed by atoms with Gasteiger partial charge in [-0.15, -0.1) is 0 Å². The molecule has 0 aliphatic rings. The van der Waals surface area contributed by atoms with E-state index in [0.29, 0.717) is 12.1 Å². The van der Waals surface area contributed by atoms with E-state index in [1.54, 1.807) is 6.07 Å². The van der Waals surface area contributed by atoms with E-state index >= 15 is 0 Å². The second-order valence-corrected chi connectivity index (χ2v) is 3.59. The van der Waals surface area contributed by atoms with E-state index in [9.17, 15) is 9.59 Å². The molecular formula is C11H17N3O2. The summed E-state index contributed by atoms with van der Waals surface area (Å²) in [6.07, 6.45) is 1.47. The summed E-state index contributed by atoms with van der Waals surface area (Å²) in [5.41, 5.74) is 0.126. The quantitative estimate of drug-likeness (QED) is 0.741. The van der Waals surface area contributed by atoms with E-state index < -0.39 is 0 Å². The van der Waals surface area contributed by atoms with Crippen molar-refractivity contribution in [3.8, 4) is 0 Å². The number of carbonyl (C=O) groups is 1. The summed E-state index contributed by atoms with van der Waals surface area (Å²) in [6.45, 7) is 4.38. The van der Waals surface area contributed by atoms with Crippen LogP contribution in [0.15, 0.2) is 23.1 Å². The third-order valence-electron chi connectivity index (χ3n) is 2.36. The molecule has 0 aromatic carbocycles. The van der Waals surface area contributed by atoms with Gasteiger partial charge in [-0.25, -0.2) is 0 Å². The van der Waals surface area contributed by atoms with Gasteiger partial charge in [-0.3, -0.25) is 9.59 Å². The minimum atomic E-state index is -0.265. The number of likely N-dealkylation sites (N-methyl/N-ethyl adjacent to an activating group) is 1. The van der Waals surface area contributed by atoms with E-state index in [1.165, 1.54) is 12.3 Å². The maximum atomic E-state index is 11.6. The fourth-order valence-electron chi connectivity index (χ4n) is 1.21. The first kappa shape index (κ1) is 12.4. The highest BCUT2D eigenvalue weighted by molar-refractivity contribution is 5.93. The highest BCUT2D eigenvalue weighted by atomic mass is 16.2. The number of amides is 1. The molecule has 0 aliphatic carbocycles. The number of carbonyl (C=O) groups excluding carboxylic acids is 1. The molecule has 0 bridgehead atoms. The molecule has 0 unspecified atom stereocenters. The van der Waals surface area contributed by atoms with Crippen molar-refractivity contribution < 1.29 is 4.79 Å². The minimum Gasteiger partial charge on any atom is -0.351 e. The molecule has 2 N–H and O–H groups in total. The first-order valence-corrected chi connectivity index (χ1v) is 5.29. The van der Waals surface area contributed by atoms with Crippen LogP contribution in [0.2, 0.25) is 0 Å². The summed E-state index contributed by atoms with van der Waals surface area (Å²) in [5.74, 6) is -0.212. The largest absolute Gasteiger partial charge is 0.351 e. The van der Waals surface area contributed by atoms with Crippen LogP contribution in [0, 0.1) is 0 Å². The zero-order valence-corrected chi connectivity index (χ0v) is 9.62. The predicted octanol–water partition coefficient (Wildman–Crippen LogP) is 0.0564. The molecule has 1 amide bonds. The van der Waals surface area contributed by atoms with E-state index in [-0.39, 0.29) is 11.5 Å². The standard InChI is InChI=1S/C11H17N3O2/c1-3-14(2)7-6-13-11(16)9-4-5-12-10(15)8-9/h4-5,8H,3,6-7H2,1-2H3,(H,12,15)(H,13,16). The molecule has 5 heteroatoms. The van der Waals surface area contributed by atoms with Gasteiger partial charge in [-0.2, -0.15) is 0 Å². The number of hydrogen-bond acceptors (Lipinski definition) is 3. The third-order valence-corrected chi connectivity index (χ3v) is 2.36. The van der Waals surface area contributed by atoms with Gasteiger partial charge < -0.3 is 15.2 Å². The van der Waals surface area contributed by atoms with Crippen molar-refractivity contribution in [1.82, 2.24) is 15.2 Å². The lowest BCUT2D eigenvalue weighted by Crippen LogP contribution is -2.33. The Bertz CT molecular complexity index is 400. The van der Waals surface area contributed by atoms with Crippen LogP contribution in [-0.4, -0.2) is 42.5 Å². The molecule has 0 radical (unpaired) electrons. The molecule has 1 rings (SSSR count). The second kappa shape index (κ2) is 6.07. The fraction of sp³-hybridized carbons (Fsp3) is 0.455. The monoisotopic (exact) mass is 223 g/mol. The lowest BCUT2D eigenvalue weighted by molar-refractivity contribution is 0.0950. The summed E-state index contributed by atoms with van der Waals surface area (Å²) in [6, 6.07) is 2.87. The van der Waals surface area contributed by atoms with Crippen molar-refractivity contribution in [2.24, 2.45) is 0 Å². The van der Waals surface area contributed by atoms with Gasteiger partial charge in [0.05, 0.1) is 0 Å². The van der Waals surface area contributed by atoms with Gasteiger partial charge in [0.2, 0.25) is 5.56 Å². The average molecular weight is 223 g/mol. The lowest BCUT2D eigenvalue weighted by atomic mass is 10.2. The van der Waals surface area contributed by atoms with Gasteiger partial charge in [0.15, 0.2) is 0 Å². The van der Waals surface area contributed by atoms with Gasteiger partial charge in [-0.05, 0) is 19.7 Å². The predicted molar refractivity (Wildman–Crippen MR) is 62.6 cm³/mol. The molecule has 0 fully saturated rings. The SMILES string of the molecule is CCN(C)CCNC(=O)c1cc[nH]c(=O)c1. The molecule has 0 aliphatic heterocycles. The zero-order chi connectivity index (χ0) is 12.0. The van der Waals surface area contributed by atoms with Crippen molar-refractivity contribution in [2.75, 3.05) is 26.7 Å². The molecular weight excluding hydrogens is 206 g/mol. The highest BCUT2D eigenvalue weighted by Crippen LogP contribution is 1.92. The molecule has 16 heavy (non-hydrogen) atoms. The molecule has 0 saturated heterocycles. The Kier molecular flexibility index (Phi) is 4.72. The van der Waals surface area contributed by atoms with Gasteiger partial charge >= 0.3 is 0 Å². The number of H-pyrrole nitrogens is 1. The van der Waals surface area contributed by atoms with Crippen LogP contribution in [0.1, 0.15) is 17.3 Å². The van der Waals surface area contributed by atoms with Crippen LogP contribution in [0.3, 0.4) is 0 Å². The van der Waals surface area contributed by atoms with Crippen LogP contribution in [-0.2, 0) is 0 Å². The van der Waals surface area contributed by atoms with Gasteiger partial charge in [0, 0.05) is 30.9 Å². The molecule has 0 atom stereocenters. The van der Waals surface area contributed by atoms with Crippen LogP contribution in [0.4, 0.5) is 0 Å². The minimum absolute atomic E-state index is 0.212. The number of nitrogens with one attached hydrogen (secondary N) is 2. The second-order valence-electron chi connectivity index (χ2n) is 3.59. The molecule has 0 saturated carbocycles. The van der Waals surface area contributed by atoms with E-state index in [0.717, 1.165) is 13.1 Å². The smallest absolute Gasteiger partial charge is 0.251 e. The maximum absolute atomic E-state index is 11.6. The van der Waals surface area contributed by atoms with Gasteiger partial charge in [0.1, 0.15) is 0 Å². The Hall–Kier alpha value is -1.62. The summed E-state index contributed by atoms with van der Waals surface area (Å²) < 4.78 is 0. The van der Waals surface area contributed by atoms with Crippen molar-refractivity contribution in [1.29, 1.82) is 0 Å². The van der Waals surface area contributed by atoms with Crippen molar-refractivity contribution in [2.45, 2.75) is 6.92 Å². The Morgan fingerprint density at radius 1 is 1.56 bits per heavy atom. The molecule has 5 nitrogen and oxygen atoms in total. The number of rotatable bonds is 5. The summed E-state index contributed by atoms with van der Waals surface area (Å²) in [5, 5.41) is 2.76. The number of pyridine rings is 1. The number of aromatic nitrogens is 1. The fourth-order valence-corrected chi connectivity index (χ4v) is 1.21. The molecule has 1 aromatic rings. The van der Waals surface area contributed by atoms with Gasteiger partial charge in [-0.1, -0.05) is 6.92 Å². The van der Waals surface area contributed by atoms with E-state index in [4.69, 9.17) is 0 Å². The number of aromatic amines is 1. The van der Waals surface area contributed by atoms with Crippen LogP contribution >= 0.6 is 0 Å². The Morgan fingerprint density at radius 3 is 2.94 bits per heavy atom. The molecule has 1 heterocycles. The van der Waals surface area contributed by atoms with Crippen molar-refractivity contribution in [3.63, 3.8) is 0 Å². The van der Waals surface area contributed by atoms with Gasteiger partial charge in [0.25, 0.3) is 5.91 Å². The first-order chi connectivity index (χ1) is 7.63. The van der Waals surface area contributed by atoms with E-state index in [1.807, 2.05) is 7.05 Å². The van der Waals surface area contributed by atoms with Crippen LogP contribution in [0.5, 0.6) is 0 Å². The molecule has 88 valence electrons. The molecule has 1 aromatic heterocycles. The Labute approximate surface area is 94.5 Å². The van der Waals surface area contributed by atoms with Crippen molar-refractivity contribution in [3.05, 3.63) is 34.2 Å². The van der Waals surface area contributed by atoms with Crippen molar-refractivity contribution >= 4 is 5.91 Å². The normalized spacial score (nSPS) is 10.4. The first-order valence-electron chi connectivity index (χ1n) is 5.29. The Balaban J connectivity index is 2.44. The Morgan fingerprint density at radius 2 is 2.31 bits per heavy atom. The summed E-state index contributed by atoms with van der Waals surface area (Å²) >= 11 is 0.